The number of nitrogens with zero attached hydrogens (tertiary/aromatic N) is 2. The van der Waals surface area contributed by atoms with Gasteiger partial charge < -0.3 is 9.64 Å². The highest BCUT2D eigenvalue weighted by molar-refractivity contribution is 7.18. The summed E-state index contributed by atoms with van der Waals surface area (Å²) in [6, 6.07) is 7.18. The maximum absolute atomic E-state index is 12.7. The summed E-state index contributed by atoms with van der Waals surface area (Å²) < 4.78 is 6.28. The second kappa shape index (κ2) is 6.56. The van der Waals surface area contributed by atoms with Crippen LogP contribution in [0.4, 0.5) is 5.69 Å². The van der Waals surface area contributed by atoms with Crippen molar-refractivity contribution in [3.63, 3.8) is 0 Å². The molecule has 0 saturated carbocycles. The number of thiophene rings is 1. The Balaban J connectivity index is 1.86. The Morgan fingerprint density at radius 1 is 1.38 bits per heavy atom. The number of carbonyl (C=O) groups is 1. The fourth-order valence-corrected chi connectivity index (χ4v) is 3.38. The number of carbonyl (C=O) groups excluding carboxylic acids is 1. The molecule has 3 rings (SSSR count). The van der Waals surface area contributed by atoms with Crippen LogP contribution >= 0.6 is 22.9 Å². The summed E-state index contributed by atoms with van der Waals surface area (Å²) in [7, 11) is 0. The quantitative estimate of drug-likeness (QED) is 0.863. The Kier molecular flexibility index (Phi) is 4.53. The molecular weight excluding hydrogens is 308 g/mol. The van der Waals surface area contributed by atoms with Crippen LogP contribution in [0.15, 0.2) is 36.7 Å². The Morgan fingerprint density at radius 2 is 2.19 bits per heavy atom. The van der Waals surface area contributed by atoms with Crippen LogP contribution in [0.25, 0.3) is 0 Å². The molecule has 1 atom stereocenters. The molecule has 21 heavy (non-hydrogen) atoms. The van der Waals surface area contributed by atoms with E-state index in [2.05, 4.69) is 4.98 Å². The number of anilines is 1. The molecule has 3 heterocycles. The first kappa shape index (κ1) is 14.5. The van der Waals surface area contributed by atoms with Gasteiger partial charge in [-0.2, -0.15) is 0 Å². The first-order chi connectivity index (χ1) is 10.2. The van der Waals surface area contributed by atoms with Gasteiger partial charge in [-0.15, -0.1) is 11.3 Å². The molecule has 2 aromatic heterocycles. The Labute approximate surface area is 132 Å². The average Bonchev–Trinajstić information content (AvgIpc) is 3.16. The molecule has 0 aromatic carbocycles. The molecule has 4 nitrogen and oxygen atoms in total. The van der Waals surface area contributed by atoms with Crippen LogP contribution in [0.2, 0.25) is 4.34 Å². The summed E-state index contributed by atoms with van der Waals surface area (Å²) in [6.07, 6.45) is 5.50. The van der Waals surface area contributed by atoms with Gasteiger partial charge in [0.25, 0.3) is 5.91 Å². The standard InChI is InChI=1S/C15H15ClN2O2S/c16-14-4-3-13(21-14)15(19)18(10-12-2-1-9-20-12)11-5-7-17-8-6-11/h3-8,12H,1-2,9-10H2/t12-/m1/s1. The van der Waals surface area contributed by atoms with Crippen molar-refractivity contribution >= 4 is 34.5 Å². The SMILES string of the molecule is O=C(c1ccc(Cl)s1)N(C[C@H]1CCCO1)c1ccncc1. The Hall–Kier alpha value is -1.43. The molecule has 1 amide bonds. The second-order valence-electron chi connectivity index (χ2n) is 4.86. The van der Waals surface area contributed by atoms with Crippen LogP contribution < -0.4 is 4.90 Å². The number of amides is 1. The largest absolute Gasteiger partial charge is 0.376 e. The normalized spacial score (nSPS) is 17.9. The summed E-state index contributed by atoms with van der Waals surface area (Å²) in [6.45, 7) is 1.33. The van der Waals surface area contributed by atoms with E-state index in [-0.39, 0.29) is 12.0 Å². The summed E-state index contributed by atoms with van der Waals surface area (Å²) in [5.41, 5.74) is 0.829. The van der Waals surface area contributed by atoms with Gasteiger partial charge in [-0.25, -0.2) is 0 Å². The lowest BCUT2D eigenvalue weighted by Gasteiger charge is -2.25. The molecule has 1 fully saturated rings. The third kappa shape index (κ3) is 3.43. The number of hydrogen-bond donors (Lipinski definition) is 0. The summed E-state index contributed by atoms with van der Waals surface area (Å²) in [5, 5.41) is 0. The van der Waals surface area contributed by atoms with Gasteiger partial charge in [0.15, 0.2) is 0 Å². The number of hydrogen-bond acceptors (Lipinski definition) is 4. The third-order valence-corrected chi connectivity index (χ3v) is 4.63. The van der Waals surface area contributed by atoms with Crippen LogP contribution in [0, 0.1) is 0 Å². The molecule has 0 unspecified atom stereocenters. The van der Waals surface area contributed by atoms with Gasteiger partial charge in [0.1, 0.15) is 0 Å². The predicted molar refractivity (Wildman–Crippen MR) is 84.2 cm³/mol. The Bertz CT molecular complexity index is 611. The Morgan fingerprint density at radius 3 is 2.81 bits per heavy atom. The third-order valence-electron chi connectivity index (χ3n) is 3.41. The fourth-order valence-electron chi connectivity index (χ4n) is 2.38. The number of halogens is 1. The van der Waals surface area contributed by atoms with E-state index < -0.39 is 0 Å². The zero-order chi connectivity index (χ0) is 14.7. The van der Waals surface area contributed by atoms with Gasteiger partial charge >= 0.3 is 0 Å². The number of rotatable bonds is 4. The van der Waals surface area contributed by atoms with E-state index in [9.17, 15) is 4.79 Å². The minimum absolute atomic E-state index is 0.0476. The van der Waals surface area contributed by atoms with Gasteiger partial charge in [-0.3, -0.25) is 9.78 Å². The maximum Gasteiger partial charge on any atom is 0.268 e. The van der Waals surface area contributed by atoms with Crippen LogP contribution in [0.3, 0.4) is 0 Å². The van der Waals surface area contributed by atoms with Crippen LogP contribution in [0.1, 0.15) is 22.5 Å². The smallest absolute Gasteiger partial charge is 0.268 e. The van der Waals surface area contributed by atoms with E-state index in [0.29, 0.717) is 15.8 Å². The lowest BCUT2D eigenvalue weighted by molar-refractivity contribution is 0.0920. The zero-order valence-corrected chi connectivity index (χ0v) is 12.9. The lowest BCUT2D eigenvalue weighted by atomic mass is 10.2. The molecule has 1 aliphatic rings. The highest BCUT2D eigenvalue weighted by atomic mass is 35.5. The molecule has 0 spiro atoms. The topological polar surface area (TPSA) is 42.4 Å². The molecule has 2 aromatic rings. The predicted octanol–water partition coefficient (Wildman–Crippen LogP) is 3.62. The molecule has 0 aliphatic carbocycles. The van der Waals surface area contributed by atoms with Crippen LogP contribution in [0.5, 0.6) is 0 Å². The average molecular weight is 323 g/mol. The molecule has 0 bridgehead atoms. The minimum atomic E-state index is -0.0476. The number of pyridine rings is 1. The lowest BCUT2D eigenvalue weighted by Crippen LogP contribution is -2.37. The van der Waals surface area contributed by atoms with E-state index in [1.807, 2.05) is 12.1 Å². The molecule has 0 radical (unpaired) electrons. The van der Waals surface area contributed by atoms with E-state index in [1.165, 1.54) is 11.3 Å². The van der Waals surface area contributed by atoms with Gasteiger partial charge in [-0.1, -0.05) is 11.6 Å². The van der Waals surface area contributed by atoms with Gasteiger partial charge in [-0.05, 0) is 37.1 Å². The second-order valence-corrected chi connectivity index (χ2v) is 6.58. The van der Waals surface area contributed by atoms with Crippen LogP contribution in [-0.2, 0) is 4.74 Å². The molecule has 6 heteroatoms. The van der Waals surface area contributed by atoms with E-state index in [0.717, 1.165) is 25.1 Å². The van der Waals surface area contributed by atoms with Crippen molar-refractivity contribution < 1.29 is 9.53 Å². The highest BCUT2D eigenvalue weighted by Gasteiger charge is 2.25. The summed E-state index contributed by atoms with van der Waals surface area (Å²) in [4.78, 5) is 19.1. The summed E-state index contributed by atoms with van der Waals surface area (Å²) in [5.74, 6) is -0.0476. The van der Waals surface area contributed by atoms with Gasteiger partial charge in [0, 0.05) is 24.7 Å². The monoisotopic (exact) mass is 322 g/mol. The molecule has 1 saturated heterocycles. The van der Waals surface area contributed by atoms with E-state index >= 15 is 0 Å². The minimum Gasteiger partial charge on any atom is -0.376 e. The van der Waals surface area contributed by atoms with Crippen molar-refractivity contribution in [2.75, 3.05) is 18.1 Å². The van der Waals surface area contributed by atoms with Crippen LogP contribution in [-0.4, -0.2) is 30.1 Å². The number of ether oxygens (including phenoxy) is 1. The summed E-state index contributed by atoms with van der Waals surface area (Å²) >= 11 is 7.23. The molecule has 110 valence electrons. The molecule has 0 N–H and O–H groups in total. The van der Waals surface area contributed by atoms with Crippen molar-refractivity contribution in [3.8, 4) is 0 Å². The maximum atomic E-state index is 12.7. The van der Waals surface area contributed by atoms with E-state index in [4.69, 9.17) is 16.3 Å². The highest BCUT2D eigenvalue weighted by Crippen LogP contribution is 2.26. The number of aromatic nitrogens is 1. The molecule has 1 aliphatic heterocycles. The first-order valence-corrected chi connectivity index (χ1v) is 8.02. The van der Waals surface area contributed by atoms with Crippen molar-refractivity contribution in [2.45, 2.75) is 18.9 Å². The van der Waals surface area contributed by atoms with Crippen molar-refractivity contribution in [3.05, 3.63) is 45.9 Å². The van der Waals surface area contributed by atoms with Crippen molar-refractivity contribution in [2.24, 2.45) is 0 Å². The molecular formula is C15H15ClN2O2S. The van der Waals surface area contributed by atoms with Gasteiger partial charge in [0.05, 0.1) is 21.9 Å². The van der Waals surface area contributed by atoms with Crippen molar-refractivity contribution in [1.29, 1.82) is 0 Å². The fraction of sp³-hybridized carbons (Fsp3) is 0.333. The zero-order valence-electron chi connectivity index (χ0n) is 11.4. The van der Waals surface area contributed by atoms with Gasteiger partial charge in [0.2, 0.25) is 0 Å². The first-order valence-electron chi connectivity index (χ1n) is 6.83. The van der Waals surface area contributed by atoms with E-state index in [1.54, 1.807) is 29.4 Å². The van der Waals surface area contributed by atoms with Crippen molar-refractivity contribution in [1.82, 2.24) is 4.98 Å².